The van der Waals surface area contributed by atoms with Crippen molar-refractivity contribution in [1.82, 2.24) is 25.4 Å². The Morgan fingerprint density at radius 1 is 1.33 bits per heavy atom. The lowest BCUT2D eigenvalue weighted by Crippen LogP contribution is -2.43. The lowest BCUT2D eigenvalue weighted by Gasteiger charge is -2.28. The van der Waals surface area contributed by atoms with E-state index in [1.807, 2.05) is 30.7 Å². The highest BCUT2D eigenvalue weighted by Crippen LogP contribution is 2.48. The van der Waals surface area contributed by atoms with E-state index in [9.17, 15) is 0 Å². The first kappa shape index (κ1) is 20.7. The summed E-state index contributed by atoms with van der Waals surface area (Å²) in [6, 6.07) is 8.38. The summed E-state index contributed by atoms with van der Waals surface area (Å²) in [6.45, 7) is 4.81. The van der Waals surface area contributed by atoms with Crippen molar-refractivity contribution < 1.29 is 9.47 Å². The molecular weight excluding hydrogens is 380 g/mol. The van der Waals surface area contributed by atoms with E-state index >= 15 is 0 Å². The van der Waals surface area contributed by atoms with Gasteiger partial charge in [0, 0.05) is 39.3 Å². The number of hydrogen-bond acceptors (Lipinski definition) is 5. The van der Waals surface area contributed by atoms with Crippen molar-refractivity contribution in [3.63, 3.8) is 0 Å². The van der Waals surface area contributed by atoms with Gasteiger partial charge in [-0.25, -0.2) is 4.99 Å². The molecule has 1 aliphatic carbocycles. The van der Waals surface area contributed by atoms with Crippen LogP contribution in [0.2, 0.25) is 0 Å². The number of benzene rings is 1. The van der Waals surface area contributed by atoms with Crippen LogP contribution in [0.4, 0.5) is 0 Å². The maximum atomic E-state index is 5.82. The van der Waals surface area contributed by atoms with Crippen molar-refractivity contribution in [3.05, 3.63) is 41.5 Å². The van der Waals surface area contributed by atoms with E-state index < -0.39 is 0 Å². The molecule has 30 heavy (non-hydrogen) atoms. The van der Waals surface area contributed by atoms with Crippen molar-refractivity contribution >= 4 is 5.96 Å². The maximum absolute atomic E-state index is 5.82. The molecule has 1 aromatic carbocycles. The van der Waals surface area contributed by atoms with Crippen LogP contribution in [0.3, 0.4) is 0 Å². The minimum atomic E-state index is 0.163. The quantitative estimate of drug-likeness (QED) is 0.512. The van der Waals surface area contributed by atoms with Crippen molar-refractivity contribution in [2.75, 3.05) is 26.9 Å². The van der Waals surface area contributed by atoms with Gasteiger partial charge in [0.15, 0.2) is 11.8 Å². The molecule has 2 aromatic rings. The molecule has 162 valence electrons. The summed E-state index contributed by atoms with van der Waals surface area (Å²) in [4.78, 5) is 4.85. The first-order valence-electron chi connectivity index (χ1n) is 10.7. The molecule has 0 bridgehead atoms. The molecule has 8 heteroatoms. The Labute approximate surface area is 178 Å². The molecule has 0 amide bonds. The molecule has 1 aromatic heterocycles. The van der Waals surface area contributed by atoms with E-state index in [0.717, 1.165) is 49.4 Å². The molecule has 0 radical (unpaired) electrons. The number of nitrogens with zero attached hydrogens (tertiary/aromatic N) is 4. The first-order chi connectivity index (χ1) is 14.6. The highest BCUT2D eigenvalue weighted by atomic mass is 16.5. The van der Waals surface area contributed by atoms with Gasteiger partial charge >= 0.3 is 0 Å². The summed E-state index contributed by atoms with van der Waals surface area (Å²) in [5.41, 5.74) is 1.50. The third-order valence-electron chi connectivity index (χ3n) is 6.26. The van der Waals surface area contributed by atoms with Crippen LogP contribution in [0.25, 0.3) is 0 Å². The van der Waals surface area contributed by atoms with Crippen LogP contribution in [-0.2, 0) is 18.3 Å². The van der Waals surface area contributed by atoms with Gasteiger partial charge in [0.05, 0.1) is 12.6 Å². The van der Waals surface area contributed by atoms with Crippen molar-refractivity contribution in [1.29, 1.82) is 0 Å². The predicted octanol–water partition coefficient (Wildman–Crippen LogP) is 2.50. The Morgan fingerprint density at radius 3 is 2.90 bits per heavy atom. The first-order valence-corrected chi connectivity index (χ1v) is 10.7. The number of fused-ring (bicyclic) bond motifs is 1. The van der Waals surface area contributed by atoms with Crippen molar-refractivity contribution in [3.8, 4) is 5.75 Å². The Morgan fingerprint density at radius 2 is 2.17 bits per heavy atom. The van der Waals surface area contributed by atoms with Crippen LogP contribution < -0.4 is 15.4 Å². The number of methoxy groups -OCH3 is 1. The van der Waals surface area contributed by atoms with E-state index in [-0.39, 0.29) is 6.04 Å². The minimum Gasteiger partial charge on any atom is -0.493 e. The summed E-state index contributed by atoms with van der Waals surface area (Å²) in [5.74, 6) is 3.49. The average Bonchev–Trinajstić information content (AvgIpc) is 3.48. The summed E-state index contributed by atoms with van der Waals surface area (Å²) in [5, 5.41) is 15.6. The zero-order chi connectivity index (χ0) is 21.0. The topological polar surface area (TPSA) is 85.6 Å². The van der Waals surface area contributed by atoms with Crippen molar-refractivity contribution in [2.45, 2.75) is 45.2 Å². The number of para-hydroxylation sites is 1. The van der Waals surface area contributed by atoms with Crippen LogP contribution in [0.1, 0.15) is 48.9 Å². The molecule has 8 nitrogen and oxygen atoms in total. The van der Waals surface area contributed by atoms with Gasteiger partial charge in [0.25, 0.3) is 0 Å². The number of aromatic nitrogens is 3. The van der Waals surface area contributed by atoms with Gasteiger partial charge in [0.2, 0.25) is 0 Å². The molecule has 2 N–H and O–H groups in total. The summed E-state index contributed by atoms with van der Waals surface area (Å²) >= 11 is 0. The third-order valence-corrected chi connectivity index (χ3v) is 6.26. The number of aliphatic imine (C=N–C) groups is 1. The zero-order valence-electron chi connectivity index (χ0n) is 18.1. The molecular formula is C22H32N6O2. The van der Waals surface area contributed by atoms with E-state index in [0.29, 0.717) is 18.6 Å². The summed E-state index contributed by atoms with van der Waals surface area (Å²) in [6.07, 6.45) is 4.44. The van der Waals surface area contributed by atoms with E-state index in [1.165, 1.54) is 18.4 Å². The Balaban J connectivity index is 1.48. The van der Waals surface area contributed by atoms with Crippen LogP contribution >= 0.6 is 0 Å². The lowest BCUT2D eigenvalue weighted by atomic mass is 10.0. The maximum Gasteiger partial charge on any atom is 0.192 e. The van der Waals surface area contributed by atoms with E-state index in [2.05, 4.69) is 33.0 Å². The summed E-state index contributed by atoms with van der Waals surface area (Å²) < 4.78 is 13.1. The Kier molecular flexibility index (Phi) is 6.22. The fraction of sp³-hybridized carbons (Fsp3) is 0.591. The normalized spacial score (nSPS) is 19.7. The molecule has 1 fully saturated rings. The van der Waals surface area contributed by atoms with Crippen LogP contribution in [0.5, 0.6) is 5.75 Å². The largest absolute Gasteiger partial charge is 0.493 e. The number of ether oxygens (including phenoxy) is 2. The SMILES string of the molecule is COCCC1(CNC(=NCc2nnc(C)n2C)NC2CCOc3ccccc32)CC1. The van der Waals surface area contributed by atoms with Crippen LogP contribution in [0, 0.1) is 12.3 Å². The fourth-order valence-electron chi connectivity index (χ4n) is 3.83. The molecule has 1 aliphatic heterocycles. The Hall–Kier alpha value is -2.61. The molecule has 0 saturated heterocycles. The van der Waals surface area contributed by atoms with E-state index in [1.54, 1.807) is 7.11 Å². The van der Waals surface area contributed by atoms with Crippen molar-refractivity contribution in [2.24, 2.45) is 17.5 Å². The van der Waals surface area contributed by atoms with Gasteiger partial charge in [-0.2, -0.15) is 0 Å². The van der Waals surface area contributed by atoms with Gasteiger partial charge in [-0.05, 0) is 37.7 Å². The average molecular weight is 413 g/mol. The van der Waals surface area contributed by atoms with E-state index in [4.69, 9.17) is 14.5 Å². The third kappa shape index (κ3) is 4.75. The number of aryl methyl sites for hydroxylation is 1. The molecule has 1 saturated carbocycles. The second kappa shape index (κ2) is 9.04. The highest BCUT2D eigenvalue weighted by molar-refractivity contribution is 5.80. The molecule has 1 atom stereocenters. The summed E-state index contributed by atoms with van der Waals surface area (Å²) in [7, 11) is 3.74. The van der Waals surface area contributed by atoms with Gasteiger partial charge < -0.3 is 24.7 Å². The molecule has 2 aliphatic rings. The van der Waals surface area contributed by atoms with Gasteiger partial charge in [-0.3, -0.25) is 0 Å². The fourth-order valence-corrected chi connectivity index (χ4v) is 3.83. The molecule has 1 unspecified atom stereocenters. The molecule has 4 rings (SSSR count). The minimum absolute atomic E-state index is 0.163. The number of hydrogen-bond donors (Lipinski definition) is 2. The van der Waals surface area contributed by atoms with Gasteiger partial charge in [0.1, 0.15) is 18.1 Å². The predicted molar refractivity (Wildman–Crippen MR) is 115 cm³/mol. The molecule has 0 spiro atoms. The van der Waals surface area contributed by atoms with Crippen LogP contribution in [0.15, 0.2) is 29.3 Å². The monoisotopic (exact) mass is 412 g/mol. The second-order valence-corrected chi connectivity index (χ2v) is 8.36. The number of nitrogens with one attached hydrogen (secondary N) is 2. The number of rotatable bonds is 8. The van der Waals surface area contributed by atoms with Crippen LogP contribution in [-0.4, -0.2) is 47.6 Å². The second-order valence-electron chi connectivity index (χ2n) is 8.36. The number of guanidine groups is 1. The standard InChI is InChI=1S/C22H32N6O2/c1-16-26-27-20(28(16)2)14-23-21(24-15-22(9-10-22)11-13-29-3)25-18-8-12-30-19-7-5-4-6-17(18)19/h4-7,18H,8-15H2,1-3H3,(H2,23,24,25). The Bertz CT molecular complexity index is 890. The lowest BCUT2D eigenvalue weighted by molar-refractivity contribution is 0.172. The van der Waals surface area contributed by atoms with Gasteiger partial charge in [-0.1, -0.05) is 18.2 Å². The van der Waals surface area contributed by atoms with Gasteiger partial charge in [-0.15, -0.1) is 10.2 Å². The molecule has 2 heterocycles. The highest BCUT2D eigenvalue weighted by Gasteiger charge is 2.42. The zero-order valence-corrected chi connectivity index (χ0v) is 18.1. The smallest absolute Gasteiger partial charge is 0.192 e.